The number of methoxy groups -OCH3 is 1. The number of hydrogen-bond donors (Lipinski definition) is 1. The molecule has 1 aromatic rings. The first-order valence-corrected chi connectivity index (χ1v) is 10.1. The van der Waals surface area contributed by atoms with E-state index in [9.17, 15) is 9.59 Å². The molecule has 2 aliphatic heterocycles. The molecule has 3 rings (SSSR count). The number of ether oxygens (including phenoxy) is 1. The first kappa shape index (κ1) is 19.5. The van der Waals surface area contributed by atoms with Gasteiger partial charge in [0, 0.05) is 32.1 Å². The van der Waals surface area contributed by atoms with Crippen molar-refractivity contribution in [3.05, 3.63) is 29.8 Å². The van der Waals surface area contributed by atoms with Crippen LogP contribution in [0.15, 0.2) is 24.3 Å². The summed E-state index contributed by atoms with van der Waals surface area (Å²) in [6.45, 7) is 5.17. The molecule has 3 amide bonds. The molecule has 0 bridgehead atoms. The van der Waals surface area contributed by atoms with Gasteiger partial charge in [0.1, 0.15) is 5.75 Å². The van der Waals surface area contributed by atoms with Gasteiger partial charge in [-0.3, -0.25) is 4.79 Å². The second-order valence-corrected chi connectivity index (χ2v) is 7.48. The summed E-state index contributed by atoms with van der Waals surface area (Å²) in [6, 6.07) is 7.76. The summed E-state index contributed by atoms with van der Waals surface area (Å²) in [7, 11) is 1.65. The van der Waals surface area contributed by atoms with Crippen LogP contribution in [0.1, 0.15) is 50.6 Å². The van der Waals surface area contributed by atoms with Crippen molar-refractivity contribution in [2.24, 2.45) is 5.92 Å². The second-order valence-electron chi connectivity index (χ2n) is 7.48. The molecule has 2 saturated heterocycles. The van der Waals surface area contributed by atoms with E-state index < -0.39 is 0 Å². The minimum absolute atomic E-state index is 0.0210. The molecule has 2 fully saturated rings. The number of carbonyl (C=O) groups excluding carboxylic acids is 2. The van der Waals surface area contributed by atoms with E-state index in [4.69, 9.17) is 4.74 Å². The van der Waals surface area contributed by atoms with E-state index in [-0.39, 0.29) is 23.9 Å². The van der Waals surface area contributed by atoms with E-state index in [1.54, 1.807) is 7.11 Å². The number of nitrogens with one attached hydrogen (secondary N) is 1. The number of urea groups is 1. The number of likely N-dealkylation sites (tertiary alicyclic amines) is 2. The highest BCUT2D eigenvalue weighted by molar-refractivity contribution is 5.80. The maximum absolute atomic E-state index is 12.7. The van der Waals surface area contributed by atoms with Gasteiger partial charge in [-0.2, -0.15) is 0 Å². The fourth-order valence-corrected chi connectivity index (χ4v) is 4.02. The van der Waals surface area contributed by atoms with Gasteiger partial charge in [-0.05, 0) is 49.8 Å². The van der Waals surface area contributed by atoms with Crippen molar-refractivity contribution < 1.29 is 14.3 Å². The maximum atomic E-state index is 12.7. The number of hydrogen-bond acceptors (Lipinski definition) is 3. The van der Waals surface area contributed by atoms with Gasteiger partial charge in [-0.1, -0.05) is 19.1 Å². The lowest BCUT2D eigenvalue weighted by Gasteiger charge is -2.34. The summed E-state index contributed by atoms with van der Waals surface area (Å²) < 4.78 is 5.20. The molecule has 6 heteroatoms. The largest absolute Gasteiger partial charge is 0.497 e. The summed E-state index contributed by atoms with van der Waals surface area (Å²) in [4.78, 5) is 29.1. The van der Waals surface area contributed by atoms with Crippen LogP contribution in [0.2, 0.25) is 0 Å². The van der Waals surface area contributed by atoms with Gasteiger partial charge < -0.3 is 19.9 Å². The van der Waals surface area contributed by atoms with E-state index in [0.29, 0.717) is 13.1 Å². The third-order valence-corrected chi connectivity index (χ3v) is 5.77. The SMILES string of the molecule is CCC(NC(=O)N1CCC(C(=O)N2CCCC2)CC1)c1ccc(OC)cc1. The Kier molecular flexibility index (Phi) is 6.58. The van der Waals surface area contributed by atoms with Crippen molar-refractivity contribution in [1.82, 2.24) is 15.1 Å². The molecule has 0 aromatic heterocycles. The number of benzene rings is 1. The van der Waals surface area contributed by atoms with Crippen LogP contribution in [-0.4, -0.2) is 55.0 Å². The molecule has 1 unspecified atom stereocenters. The molecule has 0 spiro atoms. The lowest BCUT2D eigenvalue weighted by Crippen LogP contribution is -2.48. The zero-order valence-corrected chi connectivity index (χ0v) is 16.4. The van der Waals surface area contributed by atoms with Crippen LogP contribution in [0.25, 0.3) is 0 Å². The lowest BCUT2D eigenvalue weighted by molar-refractivity contribution is -0.135. The van der Waals surface area contributed by atoms with Gasteiger partial charge in [0.2, 0.25) is 5.91 Å². The van der Waals surface area contributed by atoms with E-state index in [1.165, 1.54) is 0 Å². The molecule has 1 atom stereocenters. The second kappa shape index (κ2) is 9.11. The lowest BCUT2D eigenvalue weighted by atomic mass is 9.95. The standard InChI is InChI=1S/C21H31N3O3/c1-3-19(16-6-8-18(27-2)9-7-16)22-21(26)24-14-10-17(11-15-24)20(25)23-12-4-5-13-23/h6-9,17,19H,3-5,10-15H2,1-2H3,(H,22,26). The summed E-state index contributed by atoms with van der Waals surface area (Å²) in [6.07, 6.45) is 4.60. The van der Waals surface area contributed by atoms with E-state index in [1.807, 2.05) is 34.1 Å². The smallest absolute Gasteiger partial charge is 0.317 e. The van der Waals surface area contributed by atoms with E-state index in [2.05, 4.69) is 12.2 Å². The fraction of sp³-hybridized carbons (Fsp3) is 0.619. The van der Waals surface area contributed by atoms with Crippen LogP contribution in [0.5, 0.6) is 5.75 Å². The molecule has 1 N–H and O–H groups in total. The summed E-state index contributed by atoms with van der Waals surface area (Å²) >= 11 is 0. The molecule has 0 aliphatic carbocycles. The molecule has 2 aliphatic rings. The van der Waals surface area contributed by atoms with Crippen LogP contribution in [0.3, 0.4) is 0 Å². The molecular formula is C21H31N3O3. The predicted octanol–water partition coefficient (Wildman–Crippen LogP) is 3.19. The first-order chi connectivity index (χ1) is 13.1. The molecule has 2 heterocycles. The first-order valence-electron chi connectivity index (χ1n) is 10.1. The van der Waals surface area contributed by atoms with Crippen LogP contribution in [0, 0.1) is 5.92 Å². The highest BCUT2D eigenvalue weighted by Gasteiger charge is 2.31. The topological polar surface area (TPSA) is 61.9 Å². The van der Waals surface area contributed by atoms with Crippen molar-refractivity contribution >= 4 is 11.9 Å². The number of piperidine rings is 1. The zero-order valence-electron chi connectivity index (χ0n) is 16.4. The number of nitrogens with zero attached hydrogens (tertiary/aromatic N) is 2. The Morgan fingerprint density at radius 1 is 1.07 bits per heavy atom. The Morgan fingerprint density at radius 2 is 1.70 bits per heavy atom. The number of carbonyl (C=O) groups is 2. The third-order valence-electron chi connectivity index (χ3n) is 5.77. The quantitative estimate of drug-likeness (QED) is 0.862. The average molecular weight is 373 g/mol. The van der Waals surface area contributed by atoms with Crippen LogP contribution >= 0.6 is 0 Å². The molecular weight excluding hydrogens is 342 g/mol. The predicted molar refractivity (Wildman–Crippen MR) is 105 cm³/mol. The highest BCUT2D eigenvalue weighted by Crippen LogP contribution is 2.24. The van der Waals surface area contributed by atoms with E-state index >= 15 is 0 Å². The van der Waals surface area contributed by atoms with Gasteiger partial charge in [0.15, 0.2) is 0 Å². The molecule has 0 radical (unpaired) electrons. The average Bonchev–Trinajstić information content (AvgIpc) is 3.26. The number of rotatable bonds is 5. The Morgan fingerprint density at radius 3 is 2.26 bits per heavy atom. The van der Waals surface area contributed by atoms with Crippen molar-refractivity contribution in [2.45, 2.75) is 45.1 Å². The van der Waals surface area contributed by atoms with Gasteiger partial charge >= 0.3 is 6.03 Å². The minimum Gasteiger partial charge on any atom is -0.497 e. The molecule has 0 saturated carbocycles. The van der Waals surface area contributed by atoms with Gasteiger partial charge in [0.25, 0.3) is 0 Å². The molecule has 6 nitrogen and oxygen atoms in total. The van der Waals surface area contributed by atoms with Gasteiger partial charge in [-0.25, -0.2) is 4.79 Å². The molecule has 148 valence electrons. The van der Waals surface area contributed by atoms with Crippen LogP contribution in [-0.2, 0) is 4.79 Å². The zero-order chi connectivity index (χ0) is 19.2. The Balaban J connectivity index is 1.51. The van der Waals surface area contributed by atoms with Crippen molar-refractivity contribution in [1.29, 1.82) is 0 Å². The third kappa shape index (κ3) is 4.73. The summed E-state index contributed by atoms with van der Waals surface area (Å²) in [5.74, 6) is 1.18. The fourth-order valence-electron chi connectivity index (χ4n) is 4.02. The van der Waals surface area contributed by atoms with Crippen LogP contribution in [0.4, 0.5) is 4.79 Å². The molecule has 27 heavy (non-hydrogen) atoms. The van der Waals surface area contributed by atoms with Crippen LogP contribution < -0.4 is 10.1 Å². The normalized spacial score (nSPS) is 19.0. The van der Waals surface area contributed by atoms with Gasteiger partial charge in [0.05, 0.1) is 13.2 Å². The Bertz CT molecular complexity index is 633. The van der Waals surface area contributed by atoms with Crippen molar-refractivity contribution in [2.75, 3.05) is 33.3 Å². The monoisotopic (exact) mass is 373 g/mol. The Hall–Kier alpha value is -2.24. The molecule has 1 aromatic carbocycles. The highest BCUT2D eigenvalue weighted by atomic mass is 16.5. The summed E-state index contributed by atoms with van der Waals surface area (Å²) in [5, 5.41) is 3.14. The number of amides is 3. The summed E-state index contributed by atoms with van der Waals surface area (Å²) in [5.41, 5.74) is 1.07. The van der Waals surface area contributed by atoms with E-state index in [0.717, 1.165) is 56.5 Å². The van der Waals surface area contributed by atoms with Gasteiger partial charge in [-0.15, -0.1) is 0 Å². The Labute approximate surface area is 161 Å². The van der Waals surface area contributed by atoms with Crippen molar-refractivity contribution in [3.8, 4) is 5.75 Å². The van der Waals surface area contributed by atoms with Crippen molar-refractivity contribution in [3.63, 3.8) is 0 Å². The minimum atomic E-state index is -0.0373. The maximum Gasteiger partial charge on any atom is 0.317 e.